The minimum absolute atomic E-state index is 0.0544. The number of aryl methyl sites for hydroxylation is 1. The molecule has 9 nitrogen and oxygen atoms in total. The van der Waals surface area contributed by atoms with Crippen molar-refractivity contribution in [2.24, 2.45) is 0 Å². The van der Waals surface area contributed by atoms with Crippen molar-refractivity contribution in [3.63, 3.8) is 0 Å². The van der Waals surface area contributed by atoms with Crippen molar-refractivity contribution in [2.75, 3.05) is 32.1 Å². The fourth-order valence-corrected chi connectivity index (χ4v) is 5.39. The molecular formula is C27H29F2N5O4. The number of fused-ring (bicyclic) bond motifs is 1. The van der Waals surface area contributed by atoms with E-state index in [0.29, 0.717) is 11.4 Å². The van der Waals surface area contributed by atoms with Gasteiger partial charge in [0, 0.05) is 31.7 Å². The van der Waals surface area contributed by atoms with Crippen LogP contribution in [0.25, 0.3) is 5.69 Å². The number of hydrogen-bond acceptors (Lipinski definition) is 5. The summed E-state index contributed by atoms with van der Waals surface area (Å²) in [5.74, 6) is -2.93. The molecule has 200 valence electrons. The minimum Gasteiger partial charge on any atom is -0.480 e. The Hall–Kier alpha value is -3.83. The summed E-state index contributed by atoms with van der Waals surface area (Å²) in [6.45, 7) is 0.350. The molecule has 0 saturated carbocycles. The van der Waals surface area contributed by atoms with Crippen LogP contribution in [0.1, 0.15) is 29.2 Å². The number of likely N-dealkylation sites (tertiary alicyclic amines) is 1. The number of rotatable bonds is 8. The molecule has 1 saturated heterocycles. The van der Waals surface area contributed by atoms with Gasteiger partial charge in [-0.05, 0) is 49.1 Å². The van der Waals surface area contributed by atoms with Gasteiger partial charge in [-0.2, -0.15) is 5.10 Å². The van der Waals surface area contributed by atoms with E-state index in [1.165, 1.54) is 13.2 Å². The molecule has 2 aromatic carbocycles. The molecule has 2 aliphatic rings. The number of halogens is 2. The third-order valence-corrected chi connectivity index (χ3v) is 7.23. The fourth-order valence-electron chi connectivity index (χ4n) is 5.39. The Balaban J connectivity index is 1.40. The topological polar surface area (TPSA) is 109 Å². The Morgan fingerprint density at radius 1 is 1.13 bits per heavy atom. The third-order valence-electron chi connectivity index (χ3n) is 7.23. The minimum atomic E-state index is -1.07. The lowest BCUT2D eigenvalue weighted by molar-refractivity contribution is -0.144. The predicted molar refractivity (Wildman–Crippen MR) is 136 cm³/mol. The zero-order valence-corrected chi connectivity index (χ0v) is 20.9. The third kappa shape index (κ3) is 5.11. The van der Waals surface area contributed by atoms with Crippen molar-refractivity contribution in [3.8, 4) is 5.69 Å². The van der Waals surface area contributed by atoms with E-state index >= 15 is 0 Å². The summed E-state index contributed by atoms with van der Waals surface area (Å²) in [7, 11) is 1.41. The van der Waals surface area contributed by atoms with E-state index in [9.17, 15) is 23.5 Å². The quantitative estimate of drug-likeness (QED) is 0.417. The highest BCUT2D eigenvalue weighted by atomic mass is 19.2. The summed E-state index contributed by atoms with van der Waals surface area (Å²) in [4.78, 5) is 26.9. The van der Waals surface area contributed by atoms with Gasteiger partial charge < -0.3 is 15.2 Å². The molecule has 1 fully saturated rings. The van der Waals surface area contributed by atoms with Gasteiger partial charge in [0.25, 0.3) is 0 Å². The van der Waals surface area contributed by atoms with Gasteiger partial charge in [-0.3, -0.25) is 15.0 Å². The van der Waals surface area contributed by atoms with Crippen LogP contribution < -0.4 is 10.6 Å². The summed E-state index contributed by atoms with van der Waals surface area (Å²) in [5, 5.41) is 20.4. The monoisotopic (exact) mass is 525 g/mol. The Morgan fingerprint density at radius 2 is 1.92 bits per heavy atom. The summed E-state index contributed by atoms with van der Waals surface area (Å²) < 4.78 is 34.5. The lowest BCUT2D eigenvalue weighted by Crippen LogP contribution is -2.46. The molecule has 2 amide bonds. The number of para-hydroxylation sites is 1. The van der Waals surface area contributed by atoms with Gasteiger partial charge in [0.2, 0.25) is 0 Å². The van der Waals surface area contributed by atoms with Crippen LogP contribution in [0.2, 0.25) is 0 Å². The maximum atomic E-state index is 14.1. The van der Waals surface area contributed by atoms with Crippen LogP contribution in [0, 0.1) is 11.6 Å². The van der Waals surface area contributed by atoms with E-state index in [4.69, 9.17) is 9.84 Å². The number of methoxy groups -OCH3 is 1. The number of hydrogen-bond donors (Lipinski definition) is 3. The maximum absolute atomic E-state index is 14.1. The van der Waals surface area contributed by atoms with Crippen LogP contribution in [0.5, 0.6) is 0 Å². The summed E-state index contributed by atoms with van der Waals surface area (Å²) in [5.41, 5.74) is 3.21. The maximum Gasteiger partial charge on any atom is 0.323 e. The summed E-state index contributed by atoms with van der Waals surface area (Å²) in [6.07, 6.45) is 2.58. The van der Waals surface area contributed by atoms with Crippen LogP contribution in [0.15, 0.2) is 48.5 Å². The number of ether oxygens (including phenoxy) is 1. The van der Waals surface area contributed by atoms with Crippen molar-refractivity contribution in [1.82, 2.24) is 20.0 Å². The van der Waals surface area contributed by atoms with Gasteiger partial charge in [0.15, 0.2) is 11.6 Å². The van der Waals surface area contributed by atoms with Gasteiger partial charge in [0.05, 0.1) is 24.0 Å². The van der Waals surface area contributed by atoms with Crippen LogP contribution in [0.4, 0.5) is 19.4 Å². The van der Waals surface area contributed by atoms with E-state index in [-0.39, 0.29) is 19.7 Å². The summed E-state index contributed by atoms with van der Waals surface area (Å²) in [6, 6.07) is 11.1. The Labute approximate surface area is 218 Å². The largest absolute Gasteiger partial charge is 0.480 e. The smallest absolute Gasteiger partial charge is 0.323 e. The van der Waals surface area contributed by atoms with Crippen molar-refractivity contribution in [2.45, 2.75) is 37.3 Å². The first-order valence-electron chi connectivity index (χ1n) is 12.5. The first kappa shape index (κ1) is 25.8. The van der Waals surface area contributed by atoms with Gasteiger partial charge in [-0.25, -0.2) is 18.3 Å². The standard InChI is InChI=1S/C27H29F2N5O4/c1-38-15-24(26(35)36)33-13-19(16-10-11-20(28)21(29)12-16)23(14-33)30-27(37)31-25-18-8-5-9-22(18)32-34(25)17-6-3-2-4-7-17/h2-4,6-7,10-12,19,23-24H,5,8-9,13-15H2,1H3,(H,35,36)(H2,30,31,37). The molecule has 1 aliphatic carbocycles. The first-order valence-corrected chi connectivity index (χ1v) is 12.5. The molecule has 5 rings (SSSR count). The number of nitrogens with zero attached hydrogens (tertiary/aromatic N) is 3. The van der Waals surface area contributed by atoms with E-state index in [1.54, 1.807) is 9.58 Å². The number of anilines is 1. The second-order valence-electron chi connectivity index (χ2n) is 9.62. The Bertz CT molecular complexity index is 1330. The van der Waals surface area contributed by atoms with Crippen molar-refractivity contribution in [1.29, 1.82) is 0 Å². The normalized spacial score (nSPS) is 19.8. The molecular weight excluding hydrogens is 496 g/mol. The fraction of sp³-hybridized carbons (Fsp3) is 0.370. The average molecular weight is 526 g/mol. The second-order valence-corrected chi connectivity index (χ2v) is 9.62. The van der Waals surface area contributed by atoms with E-state index in [0.717, 1.165) is 48.3 Å². The van der Waals surface area contributed by atoms with E-state index < -0.39 is 41.6 Å². The molecule has 3 N–H and O–H groups in total. The molecule has 3 aromatic rings. The van der Waals surface area contributed by atoms with Crippen molar-refractivity contribution >= 4 is 17.8 Å². The van der Waals surface area contributed by atoms with Crippen LogP contribution in [-0.2, 0) is 22.4 Å². The lowest BCUT2D eigenvalue weighted by atomic mass is 9.94. The molecule has 0 bridgehead atoms. The average Bonchev–Trinajstić information content (AvgIpc) is 3.61. The molecule has 3 unspecified atom stereocenters. The zero-order chi connectivity index (χ0) is 26.8. The van der Waals surface area contributed by atoms with Gasteiger partial charge in [0.1, 0.15) is 11.9 Å². The number of amides is 2. The molecule has 1 aromatic heterocycles. The number of carboxylic acids is 1. The molecule has 2 heterocycles. The van der Waals surface area contributed by atoms with Crippen molar-refractivity contribution < 1.29 is 28.2 Å². The Morgan fingerprint density at radius 3 is 2.63 bits per heavy atom. The predicted octanol–water partition coefficient (Wildman–Crippen LogP) is 3.33. The van der Waals surface area contributed by atoms with E-state index in [1.807, 2.05) is 30.3 Å². The van der Waals surface area contributed by atoms with Crippen molar-refractivity contribution in [3.05, 3.63) is 77.0 Å². The SMILES string of the molecule is COCC(C(=O)O)N1CC(NC(=O)Nc2c3c(nn2-c2ccccc2)CCC3)C(c2ccc(F)c(F)c2)C1. The number of carbonyl (C=O) groups is 2. The van der Waals surface area contributed by atoms with Crippen LogP contribution in [0.3, 0.4) is 0 Å². The highest BCUT2D eigenvalue weighted by Crippen LogP contribution is 2.32. The number of benzene rings is 2. The molecule has 38 heavy (non-hydrogen) atoms. The van der Waals surface area contributed by atoms with Gasteiger partial charge >= 0.3 is 12.0 Å². The van der Waals surface area contributed by atoms with Gasteiger partial charge in [-0.15, -0.1) is 0 Å². The number of urea groups is 1. The summed E-state index contributed by atoms with van der Waals surface area (Å²) >= 11 is 0. The molecule has 0 radical (unpaired) electrons. The molecule has 1 aliphatic heterocycles. The number of aliphatic carboxylic acids is 1. The van der Waals surface area contributed by atoms with E-state index in [2.05, 4.69) is 10.6 Å². The van der Waals surface area contributed by atoms with Crippen LogP contribution >= 0.6 is 0 Å². The Kier molecular flexibility index (Phi) is 7.39. The molecule has 3 atom stereocenters. The number of nitrogens with one attached hydrogen (secondary N) is 2. The molecule has 11 heteroatoms. The second kappa shape index (κ2) is 10.9. The first-order chi connectivity index (χ1) is 18.4. The van der Waals surface area contributed by atoms with Gasteiger partial charge in [-0.1, -0.05) is 24.3 Å². The number of carbonyl (C=O) groups excluding carboxylic acids is 1. The highest BCUT2D eigenvalue weighted by Gasteiger charge is 2.40. The lowest BCUT2D eigenvalue weighted by Gasteiger charge is -2.23. The zero-order valence-electron chi connectivity index (χ0n) is 20.9. The number of carboxylic acid groups (broad SMARTS) is 1. The number of aromatic nitrogens is 2. The highest BCUT2D eigenvalue weighted by molar-refractivity contribution is 5.90. The molecule has 0 spiro atoms. The van der Waals surface area contributed by atoms with Crippen LogP contribution in [-0.4, -0.2) is 70.7 Å².